The quantitative estimate of drug-likeness (QED) is 0.377. The van der Waals surface area contributed by atoms with Crippen LogP contribution in [0.1, 0.15) is 19.0 Å². The molecule has 9 nitrogen and oxygen atoms in total. The molecule has 0 aliphatic rings. The van der Waals surface area contributed by atoms with E-state index in [0.29, 0.717) is 6.61 Å². The molecule has 1 heterocycles. The van der Waals surface area contributed by atoms with Gasteiger partial charge in [0, 0.05) is 7.11 Å². The first-order valence-corrected chi connectivity index (χ1v) is 5.78. The maximum Gasteiger partial charge on any atom is 0.332 e. The molecule has 1 rings (SSSR count). The van der Waals surface area contributed by atoms with Gasteiger partial charge in [0.05, 0.1) is 17.6 Å². The van der Waals surface area contributed by atoms with Crippen LogP contribution >= 0.6 is 0 Å². The molecule has 1 aromatic rings. The van der Waals surface area contributed by atoms with Gasteiger partial charge in [0.1, 0.15) is 5.69 Å². The normalized spacial score (nSPS) is 12.0. The van der Waals surface area contributed by atoms with Gasteiger partial charge < -0.3 is 10.1 Å². The Morgan fingerprint density at radius 2 is 2.21 bits per heavy atom. The third kappa shape index (κ3) is 3.73. The number of nitrogens with two attached hydrogens (primary N) is 1. The first-order valence-electron chi connectivity index (χ1n) is 5.78. The molecule has 0 spiro atoms. The van der Waals surface area contributed by atoms with Gasteiger partial charge >= 0.3 is 5.69 Å². The van der Waals surface area contributed by atoms with E-state index in [4.69, 9.17) is 10.6 Å². The SMILES string of the molecule is CCC(COC)Nc1nc(NN)nc(C)c1[N+](=O)[O-]. The minimum absolute atomic E-state index is 0.0800. The Morgan fingerprint density at radius 3 is 2.68 bits per heavy atom. The second kappa shape index (κ2) is 6.81. The fourth-order valence-corrected chi connectivity index (χ4v) is 1.61. The van der Waals surface area contributed by atoms with Crippen LogP contribution in [-0.2, 0) is 4.74 Å². The Bertz CT molecular complexity index is 453. The van der Waals surface area contributed by atoms with Gasteiger partial charge in [0.25, 0.3) is 0 Å². The number of aryl methyl sites for hydroxylation is 1. The minimum atomic E-state index is -0.516. The topological polar surface area (TPSA) is 128 Å². The van der Waals surface area contributed by atoms with E-state index in [2.05, 4.69) is 20.7 Å². The predicted molar refractivity (Wildman–Crippen MR) is 70.8 cm³/mol. The maximum atomic E-state index is 11.1. The molecule has 0 aliphatic carbocycles. The van der Waals surface area contributed by atoms with Crippen LogP contribution in [0.4, 0.5) is 17.5 Å². The molecule has 0 fully saturated rings. The summed E-state index contributed by atoms with van der Waals surface area (Å²) in [7, 11) is 1.57. The number of aromatic nitrogens is 2. The van der Waals surface area contributed by atoms with Crippen LogP contribution in [-0.4, -0.2) is 34.6 Å². The van der Waals surface area contributed by atoms with Crippen molar-refractivity contribution in [2.75, 3.05) is 24.5 Å². The van der Waals surface area contributed by atoms with Crippen LogP contribution in [0.3, 0.4) is 0 Å². The molecule has 0 radical (unpaired) electrons. The fraction of sp³-hybridized carbons (Fsp3) is 0.600. The minimum Gasteiger partial charge on any atom is -0.383 e. The van der Waals surface area contributed by atoms with Crippen molar-refractivity contribution in [3.63, 3.8) is 0 Å². The zero-order chi connectivity index (χ0) is 14.4. The van der Waals surface area contributed by atoms with Crippen molar-refractivity contribution in [3.8, 4) is 0 Å². The number of nitrogens with one attached hydrogen (secondary N) is 2. The van der Waals surface area contributed by atoms with Crippen molar-refractivity contribution in [2.24, 2.45) is 5.84 Å². The molecule has 0 saturated heterocycles. The molecule has 106 valence electrons. The van der Waals surface area contributed by atoms with Gasteiger partial charge in [-0.2, -0.15) is 4.98 Å². The molecule has 0 aromatic carbocycles. The Balaban J connectivity index is 3.15. The van der Waals surface area contributed by atoms with E-state index in [1.807, 2.05) is 6.92 Å². The zero-order valence-corrected chi connectivity index (χ0v) is 11.1. The third-order valence-electron chi connectivity index (χ3n) is 2.57. The van der Waals surface area contributed by atoms with E-state index < -0.39 is 4.92 Å². The molecule has 0 saturated carbocycles. The van der Waals surface area contributed by atoms with Gasteiger partial charge in [-0.3, -0.25) is 15.5 Å². The Labute approximate surface area is 110 Å². The first-order chi connectivity index (χ1) is 9.03. The summed E-state index contributed by atoms with van der Waals surface area (Å²) in [5.41, 5.74) is 2.36. The lowest BCUT2D eigenvalue weighted by atomic mass is 10.2. The first kappa shape index (κ1) is 15.1. The monoisotopic (exact) mass is 270 g/mol. The van der Waals surface area contributed by atoms with E-state index in [1.165, 1.54) is 6.92 Å². The second-order valence-corrected chi connectivity index (χ2v) is 3.94. The Morgan fingerprint density at radius 1 is 1.53 bits per heavy atom. The zero-order valence-electron chi connectivity index (χ0n) is 11.1. The average Bonchev–Trinajstić information content (AvgIpc) is 2.36. The highest BCUT2D eigenvalue weighted by atomic mass is 16.6. The summed E-state index contributed by atoms with van der Waals surface area (Å²) in [6, 6.07) is -0.0800. The lowest BCUT2D eigenvalue weighted by molar-refractivity contribution is -0.385. The summed E-state index contributed by atoms with van der Waals surface area (Å²) >= 11 is 0. The molecule has 0 aliphatic heterocycles. The molecule has 1 unspecified atom stereocenters. The molecule has 1 aromatic heterocycles. The highest BCUT2D eigenvalue weighted by Crippen LogP contribution is 2.27. The smallest absolute Gasteiger partial charge is 0.332 e. The second-order valence-electron chi connectivity index (χ2n) is 3.94. The molecular formula is C10H18N6O3. The number of nitrogen functional groups attached to an aromatic ring is 1. The molecule has 4 N–H and O–H groups in total. The van der Waals surface area contributed by atoms with E-state index in [-0.39, 0.29) is 29.2 Å². The highest BCUT2D eigenvalue weighted by molar-refractivity contribution is 5.61. The van der Waals surface area contributed by atoms with Crippen molar-refractivity contribution in [3.05, 3.63) is 15.8 Å². The number of rotatable bonds is 7. The van der Waals surface area contributed by atoms with Crippen LogP contribution in [0.5, 0.6) is 0 Å². The summed E-state index contributed by atoms with van der Waals surface area (Å²) in [5, 5.41) is 14.1. The van der Waals surface area contributed by atoms with Crippen LogP contribution < -0.4 is 16.6 Å². The Hall–Kier alpha value is -2.00. The molecule has 1 atom stereocenters. The largest absolute Gasteiger partial charge is 0.383 e. The third-order valence-corrected chi connectivity index (χ3v) is 2.57. The fourth-order valence-electron chi connectivity index (χ4n) is 1.61. The van der Waals surface area contributed by atoms with Crippen LogP contribution in [0.15, 0.2) is 0 Å². The van der Waals surface area contributed by atoms with E-state index in [1.54, 1.807) is 7.11 Å². The summed E-state index contributed by atoms with van der Waals surface area (Å²) in [5.74, 6) is 5.50. The molecule has 0 amide bonds. The lowest BCUT2D eigenvalue weighted by Gasteiger charge is -2.17. The number of methoxy groups -OCH3 is 1. The summed E-state index contributed by atoms with van der Waals surface area (Å²) in [6.07, 6.45) is 0.736. The van der Waals surface area contributed by atoms with Crippen molar-refractivity contribution in [2.45, 2.75) is 26.3 Å². The lowest BCUT2D eigenvalue weighted by Crippen LogP contribution is -2.26. The van der Waals surface area contributed by atoms with E-state index in [9.17, 15) is 10.1 Å². The van der Waals surface area contributed by atoms with Gasteiger partial charge in [-0.1, -0.05) is 6.92 Å². The standard InChI is InChI=1S/C10H18N6O3/c1-4-7(5-19-3)13-9-8(16(17)18)6(2)12-10(14-9)15-11/h7H,4-5,11H2,1-3H3,(H2,12,13,14,15). The molecule has 9 heteroatoms. The van der Waals surface area contributed by atoms with Crippen molar-refractivity contribution >= 4 is 17.5 Å². The van der Waals surface area contributed by atoms with Gasteiger partial charge in [-0.25, -0.2) is 10.8 Å². The van der Waals surface area contributed by atoms with E-state index >= 15 is 0 Å². The molecule has 0 bridgehead atoms. The number of nitro groups is 1. The Kier molecular flexibility index (Phi) is 5.39. The summed E-state index contributed by atoms with van der Waals surface area (Å²) in [6.45, 7) is 3.89. The van der Waals surface area contributed by atoms with Gasteiger partial charge in [0.15, 0.2) is 0 Å². The van der Waals surface area contributed by atoms with Crippen LogP contribution in [0.2, 0.25) is 0 Å². The highest BCUT2D eigenvalue weighted by Gasteiger charge is 2.23. The van der Waals surface area contributed by atoms with Crippen molar-refractivity contribution in [1.82, 2.24) is 9.97 Å². The van der Waals surface area contributed by atoms with Gasteiger partial charge in [-0.05, 0) is 13.3 Å². The number of nitrogens with zero attached hydrogens (tertiary/aromatic N) is 3. The number of hydrogen-bond acceptors (Lipinski definition) is 8. The number of hydrazine groups is 1. The summed E-state index contributed by atoms with van der Waals surface area (Å²) < 4.78 is 5.04. The van der Waals surface area contributed by atoms with Gasteiger partial charge in [0.2, 0.25) is 11.8 Å². The van der Waals surface area contributed by atoms with Gasteiger partial charge in [-0.15, -0.1) is 0 Å². The summed E-state index contributed by atoms with van der Waals surface area (Å²) in [4.78, 5) is 18.4. The number of anilines is 2. The molecule has 19 heavy (non-hydrogen) atoms. The number of hydrogen-bond donors (Lipinski definition) is 3. The number of ether oxygens (including phenoxy) is 1. The van der Waals surface area contributed by atoms with E-state index in [0.717, 1.165) is 6.42 Å². The molecular weight excluding hydrogens is 252 g/mol. The van der Waals surface area contributed by atoms with Crippen LogP contribution in [0, 0.1) is 17.0 Å². The van der Waals surface area contributed by atoms with Crippen molar-refractivity contribution in [1.29, 1.82) is 0 Å². The predicted octanol–water partition coefficient (Wildman–Crippen LogP) is 0.816. The maximum absolute atomic E-state index is 11.1. The average molecular weight is 270 g/mol. The van der Waals surface area contributed by atoms with Crippen molar-refractivity contribution < 1.29 is 9.66 Å². The van der Waals surface area contributed by atoms with Crippen LogP contribution in [0.25, 0.3) is 0 Å².